The van der Waals surface area contributed by atoms with Gasteiger partial charge < -0.3 is 15.4 Å². The fourth-order valence-corrected chi connectivity index (χ4v) is 3.91. The molecule has 3 heterocycles. The average Bonchev–Trinajstić information content (AvgIpc) is 2.67. The molecule has 0 bridgehead atoms. The first-order valence-electron chi connectivity index (χ1n) is 9.02. The molecule has 2 fully saturated rings. The third-order valence-electron chi connectivity index (χ3n) is 5.20. The molecule has 0 spiro atoms. The highest BCUT2D eigenvalue weighted by Crippen LogP contribution is 2.24. The molecule has 132 valence electrons. The van der Waals surface area contributed by atoms with Crippen LogP contribution in [0.4, 0.5) is 0 Å². The quantitative estimate of drug-likeness (QED) is 0.875. The van der Waals surface area contributed by atoms with Crippen LogP contribution < -0.4 is 5.73 Å². The lowest BCUT2D eigenvalue weighted by atomic mass is 9.97. The van der Waals surface area contributed by atoms with E-state index >= 15 is 0 Å². The Morgan fingerprint density at radius 2 is 1.79 bits per heavy atom. The summed E-state index contributed by atoms with van der Waals surface area (Å²) in [4.78, 5) is 21.1. The van der Waals surface area contributed by atoms with Gasteiger partial charge in [-0.15, -0.1) is 0 Å². The second-order valence-corrected chi connectivity index (χ2v) is 6.63. The molecule has 1 aromatic heterocycles. The highest BCUT2D eigenvalue weighted by atomic mass is 16.5. The number of piperidine rings is 1. The Hall–Kier alpha value is -1.50. The number of carbonyl (C=O) groups is 1. The minimum Gasteiger partial charge on any atom is -0.381 e. The van der Waals surface area contributed by atoms with Crippen LogP contribution in [0.1, 0.15) is 36.0 Å². The zero-order valence-electron chi connectivity index (χ0n) is 14.3. The molecule has 2 aliphatic rings. The van der Waals surface area contributed by atoms with Crippen LogP contribution in [0.5, 0.6) is 0 Å². The average molecular weight is 332 g/mol. The van der Waals surface area contributed by atoms with Crippen molar-refractivity contribution in [2.75, 3.05) is 39.4 Å². The van der Waals surface area contributed by atoms with Gasteiger partial charge in [-0.1, -0.05) is 0 Å². The third-order valence-corrected chi connectivity index (χ3v) is 5.20. The number of nitrogens with two attached hydrogens (primary N) is 1. The molecule has 6 heteroatoms. The summed E-state index contributed by atoms with van der Waals surface area (Å²) >= 11 is 0. The van der Waals surface area contributed by atoms with E-state index in [0.29, 0.717) is 18.6 Å². The molecule has 2 saturated heterocycles. The number of hydrogen-bond acceptors (Lipinski definition) is 5. The summed E-state index contributed by atoms with van der Waals surface area (Å²) in [6, 6.07) is 4.68. The summed E-state index contributed by atoms with van der Waals surface area (Å²) in [5, 5.41) is 0. The molecule has 0 saturated carbocycles. The Morgan fingerprint density at radius 3 is 2.42 bits per heavy atom. The van der Waals surface area contributed by atoms with E-state index in [0.717, 1.165) is 64.1 Å². The lowest BCUT2D eigenvalue weighted by Gasteiger charge is -2.43. The summed E-state index contributed by atoms with van der Waals surface area (Å²) < 4.78 is 5.50. The van der Waals surface area contributed by atoms with Gasteiger partial charge >= 0.3 is 0 Å². The molecule has 6 nitrogen and oxygen atoms in total. The number of likely N-dealkylation sites (tertiary alicyclic amines) is 1. The van der Waals surface area contributed by atoms with Crippen molar-refractivity contribution in [3.8, 4) is 0 Å². The van der Waals surface area contributed by atoms with Crippen LogP contribution in [0.25, 0.3) is 0 Å². The Kier molecular flexibility index (Phi) is 6.18. The van der Waals surface area contributed by atoms with E-state index in [4.69, 9.17) is 10.5 Å². The van der Waals surface area contributed by atoms with Crippen molar-refractivity contribution in [2.24, 2.45) is 5.73 Å². The maximum Gasteiger partial charge on any atom is 0.253 e. The lowest BCUT2D eigenvalue weighted by molar-refractivity contribution is 0.00416. The van der Waals surface area contributed by atoms with Crippen molar-refractivity contribution in [3.05, 3.63) is 30.1 Å². The predicted octanol–water partition coefficient (Wildman–Crippen LogP) is 1.13. The van der Waals surface area contributed by atoms with Crippen molar-refractivity contribution in [1.29, 1.82) is 0 Å². The maximum atomic E-state index is 12.6. The van der Waals surface area contributed by atoms with E-state index in [1.807, 2.05) is 4.90 Å². The van der Waals surface area contributed by atoms with Crippen LogP contribution in [0, 0.1) is 0 Å². The number of rotatable bonds is 5. The molecule has 0 aromatic carbocycles. The molecule has 1 amide bonds. The highest BCUT2D eigenvalue weighted by Gasteiger charge is 2.31. The Bertz CT molecular complexity index is 511. The first kappa shape index (κ1) is 17.3. The predicted molar refractivity (Wildman–Crippen MR) is 92.8 cm³/mol. The number of amides is 1. The van der Waals surface area contributed by atoms with Gasteiger partial charge in [-0.05, 0) is 37.8 Å². The van der Waals surface area contributed by atoms with Crippen LogP contribution in [0.3, 0.4) is 0 Å². The molecule has 2 aliphatic heterocycles. The van der Waals surface area contributed by atoms with Crippen molar-refractivity contribution < 1.29 is 9.53 Å². The zero-order chi connectivity index (χ0) is 16.8. The second kappa shape index (κ2) is 8.55. The number of ether oxygens (including phenoxy) is 1. The summed E-state index contributed by atoms with van der Waals surface area (Å²) in [5.41, 5.74) is 6.58. The van der Waals surface area contributed by atoms with Gasteiger partial charge in [-0.3, -0.25) is 14.7 Å². The summed E-state index contributed by atoms with van der Waals surface area (Å²) in [5.74, 6) is 0.118. The molecule has 1 aromatic rings. The minimum atomic E-state index is 0.118. The van der Waals surface area contributed by atoms with Crippen LogP contribution in [-0.4, -0.2) is 72.2 Å². The maximum absolute atomic E-state index is 12.6. The smallest absolute Gasteiger partial charge is 0.253 e. The second-order valence-electron chi connectivity index (χ2n) is 6.63. The number of aromatic nitrogens is 1. The Balaban J connectivity index is 1.57. The molecule has 0 aliphatic carbocycles. The van der Waals surface area contributed by atoms with Crippen molar-refractivity contribution in [3.63, 3.8) is 0 Å². The summed E-state index contributed by atoms with van der Waals surface area (Å²) in [6.07, 6.45) is 7.58. The molecule has 24 heavy (non-hydrogen) atoms. The molecule has 0 atom stereocenters. The molecule has 0 unspecified atom stereocenters. The lowest BCUT2D eigenvalue weighted by Crippen LogP contribution is -2.52. The van der Waals surface area contributed by atoms with Gasteiger partial charge in [-0.25, -0.2) is 0 Å². The van der Waals surface area contributed by atoms with E-state index < -0.39 is 0 Å². The standard InChI is InChI=1S/C18H28N4O2/c19-7-12-22(17-5-13-24-14-6-17)16-3-10-21(11-4-16)18(23)15-1-8-20-9-2-15/h1-2,8-9,16-17H,3-7,10-14,19H2. The summed E-state index contributed by atoms with van der Waals surface area (Å²) in [7, 11) is 0. The van der Waals surface area contributed by atoms with Crippen LogP contribution in [-0.2, 0) is 4.74 Å². The van der Waals surface area contributed by atoms with Crippen LogP contribution in [0.15, 0.2) is 24.5 Å². The van der Waals surface area contributed by atoms with E-state index in [1.54, 1.807) is 24.5 Å². The Labute approximate surface area is 144 Å². The van der Waals surface area contributed by atoms with E-state index in [2.05, 4.69) is 9.88 Å². The van der Waals surface area contributed by atoms with E-state index in [9.17, 15) is 4.79 Å². The highest BCUT2D eigenvalue weighted by molar-refractivity contribution is 5.94. The first-order valence-corrected chi connectivity index (χ1v) is 9.02. The van der Waals surface area contributed by atoms with Gasteiger partial charge in [0.15, 0.2) is 0 Å². The SMILES string of the molecule is NCCN(C1CCOCC1)C1CCN(C(=O)c2ccncc2)CC1. The monoisotopic (exact) mass is 332 g/mol. The summed E-state index contributed by atoms with van der Waals surface area (Å²) in [6.45, 7) is 4.96. The Morgan fingerprint density at radius 1 is 1.17 bits per heavy atom. The number of carbonyl (C=O) groups excluding carboxylic acids is 1. The van der Waals surface area contributed by atoms with Gasteiger partial charge in [0.2, 0.25) is 0 Å². The normalized spacial score (nSPS) is 20.5. The first-order chi connectivity index (χ1) is 11.8. The zero-order valence-corrected chi connectivity index (χ0v) is 14.3. The van der Waals surface area contributed by atoms with Crippen LogP contribution in [0.2, 0.25) is 0 Å². The fourth-order valence-electron chi connectivity index (χ4n) is 3.91. The number of hydrogen-bond donors (Lipinski definition) is 1. The van der Waals surface area contributed by atoms with Gasteiger partial charge in [0.05, 0.1) is 0 Å². The molecule has 2 N–H and O–H groups in total. The molecular weight excluding hydrogens is 304 g/mol. The minimum absolute atomic E-state index is 0.118. The molecule has 0 radical (unpaired) electrons. The van der Waals surface area contributed by atoms with Gasteiger partial charge in [0, 0.05) is 69.4 Å². The third kappa shape index (κ3) is 4.12. The fraction of sp³-hybridized carbons (Fsp3) is 0.667. The van der Waals surface area contributed by atoms with Gasteiger partial charge in [-0.2, -0.15) is 0 Å². The number of pyridine rings is 1. The van der Waals surface area contributed by atoms with Crippen molar-refractivity contribution in [2.45, 2.75) is 37.8 Å². The number of nitrogens with zero attached hydrogens (tertiary/aromatic N) is 3. The van der Waals surface area contributed by atoms with Crippen LogP contribution >= 0.6 is 0 Å². The van der Waals surface area contributed by atoms with Gasteiger partial charge in [0.25, 0.3) is 5.91 Å². The van der Waals surface area contributed by atoms with Gasteiger partial charge in [0.1, 0.15) is 0 Å². The van der Waals surface area contributed by atoms with Crippen molar-refractivity contribution in [1.82, 2.24) is 14.8 Å². The largest absolute Gasteiger partial charge is 0.381 e. The molecular formula is C18H28N4O2. The topological polar surface area (TPSA) is 71.7 Å². The van der Waals surface area contributed by atoms with Crippen molar-refractivity contribution >= 4 is 5.91 Å². The van der Waals surface area contributed by atoms with E-state index in [-0.39, 0.29) is 5.91 Å². The van der Waals surface area contributed by atoms with E-state index in [1.165, 1.54) is 0 Å². The molecule has 3 rings (SSSR count).